The van der Waals surface area contributed by atoms with Gasteiger partial charge < -0.3 is 71.6 Å². The molecule has 2 aromatic carbocycles. The van der Waals surface area contributed by atoms with Gasteiger partial charge in [-0.15, -0.1) is 0 Å². The molecular formula is C54H91NO15. The van der Waals surface area contributed by atoms with Gasteiger partial charge in [0.1, 0.15) is 6.61 Å². The highest BCUT2D eigenvalue weighted by Gasteiger charge is 2.29. The van der Waals surface area contributed by atoms with E-state index in [2.05, 4.69) is 36.5 Å². The lowest BCUT2D eigenvalue weighted by molar-refractivity contribution is -0.0290. The first-order chi connectivity index (χ1) is 34.8. The van der Waals surface area contributed by atoms with Crippen LogP contribution in [-0.2, 0) is 66.3 Å². The van der Waals surface area contributed by atoms with E-state index in [1.54, 1.807) is 0 Å². The predicted molar refractivity (Wildman–Crippen MR) is 270 cm³/mol. The van der Waals surface area contributed by atoms with E-state index in [0.29, 0.717) is 172 Å². The zero-order chi connectivity index (χ0) is 49.3. The largest absolute Gasteiger partial charge is 0.449 e. The molecule has 1 N–H and O–H groups in total. The molecule has 1 amide bonds. The summed E-state index contributed by atoms with van der Waals surface area (Å²) in [6.45, 7) is 16.3. The van der Waals surface area contributed by atoms with Crippen molar-refractivity contribution in [2.75, 3.05) is 185 Å². The molecule has 0 aliphatic heterocycles. The highest BCUT2D eigenvalue weighted by Crippen LogP contribution is 2.44. The quantitative estimate of drug-likeness (QED) is 0.0635. The topological polar surface area (TPSA) is 158 Å². The molecule has 0 unspecified atom stereocenters. The average molecular weight is 994 g/mol. The molecule has 1 aliphatic carbocycles. The van der Waals surface area contributed by atoms with Crippen molar-refractivity contribution in [3.8, 4) is 11.1 Å². The number of carbonyl (C=O) groups excluding carboxylic acids is 1. The van der Waals surface area contributed by atoms with Crippen molar-refractivity contribution in [2.24, 2.45) is 0 Å². The lowest BCUT2D eigenvalue weighted by Gasteiger charge is -2.14. The lowest BCUT2D eigenvalue weighted by atomic mass is 9.98. The van der Waals surface area contributed by atoms with E-state index in [9.17, 15) is 4.79 Å². The fourth-order valence-corrected chi connectivity index (χ4v) is 7.48. The van der Waals surface area contributed by atoms with Crippen molar-refractivity contribution >= 4 is 6.09 Å². The number of ether oxygens (including phenoxy) is 14. The SMILES string of the molecule is CCCCCCCCCCCCCOCCOCCOCCOCCOCCOCCOCCOCCOCCOCCOCCOCCOCCNC(=O)OCC1c2ccccc2-c2ccccc21. The number of fused-ring (bicyclic) bond motifs is 3. The molecule has 0 heterocycles. The molecule has 0 radical (unpaired) electrons. The molecule has 2 aromatic rings. The van der Waals surface area contributed by atoms with E-state index in [4.69, 9.17) is 66.3 Å². The van der Waals surface area contributed by atoms with Crippen LogP contribution in [0.3, 0.4) is 0 Å². The van der Waals surface area contributed by atoms with Crippen LogP contribution in [-0.4, -0.2) is 191 Å². The number of rotatable bonds is 53. The van der Waals surface area contributed by atoms with Gasteiger partial charge in [0.05, 0.1) is 165 Å². The van der Waals surface area contributed by atoms with E-state index in [0.717, 1.165) is 13.0 Å². The predicted octanol–water partition coefficient (Wildman–Crippen LogP) is 8.05. The first kappa shape index (κ1) is 61.5. The second kappa shape index (κ2) is 47.2. The van der Waals surface area contributed by atoms with Crippen LogP contribution in [0.1, 0.15) is 94.6 Å². The molecule has 16 nitrogen and oxygen atoms in total. The number of hydrogen-bond acceptors (Lipinski definition) is 15. The highest BCUT2D eigenvalue weighted by molar-refractivity contribution is 5.79. The molecule has 16 heteroatoms. The first-order valence-corrected chi connectivity index (χ1v) is 26.4. The van der Waals surface area contributed by atoms with Crippen LogP contribution in [0.5, 0.6) is 0 Å². The molecule has 3 rings (SSSR count). The number of hydrogen-bond donors (Lipinski definition) is 1. The Hall–Kier alpha value is -2.81. The van der Waals surface area contributed by atoms with Crippen LogP contribution >= 0.6 is 0 Å². The second-order valence-corrected chi connectivity index (χ2v) is 16.7. The fraction of sp³-hybridized carbons (Fsp3) is 0.759. The van der Waals surface area contributed by atoms with E-state index in [-0.39, 0.29) is 12.5 Å². The Morgan fingerprint density at radius 1 is 0.357 bits per heavy atom. The maximum absolute atomic E-state index is 12.3. The molecular weight excluding hydrogens is 903 g/mol. The summed E-state index contributed by atoms with van der Waals surface area (Å²) in [7, 11) is 0. The maximum Gasteiger partial charge on any atom is 0.407 e. The van der Waals surface area contributed by atoms with E-state index >= 15 is 0 Å². The summed E-state index contributed by atoms with van der Waals surface area (Å²) in [6.07, 6.45) is 14.4. The summed E-state index contributed by atoms with van der Waals surface area (Å²) in [4.78, 5) is 12.3. The number of unbranched alkanes of at least 4 members (excludes halogenated alkanes) is 10. The summed E-state index contributed by atoms with van der Waals surface area (Å²) in [5.74, 6) is 0.0342. The lowest BCUT2D eigenvalue weighted by Crippen LogP contribution is -2.29. The highest BCUT2D eigenvalue weighted by atomic mass is 16.6. The van der Waals surface area contributed by atoms with Crippen molar-refractivity contribution in [1.82, 2.24) is 5.32 Å². The molecule has 0 fully saturated rings. The smallest absolute Gasteiger partial charge is 0.407 e. The van der Waals surface area contributed by atoms with E-state index in [1.807, 2.05) is 24.3 Å². The average Bonchev–Trinajstić information content (AvgIpc) is 3.70. The molecule has 1 aliphatic rings. The van der Waals surface area contributed by atoms with Gasteiger partial charge in [0.2, 0.25) is 0 Å². The number of amides is 1. The Kier molecular flexibility index (Phi) is 41.5. The number of benzene rings is 2. The minimum Gasteiger partial charge on any atom is -0.449 e. The van der Waals surface area contributed by atoms with E-state index in [1.165, 1.54) is 86.5 Å². The van der Waals surface area contributed by atoms with Crippen LogP contribution in [0.15, 0.2) is 48.5 Å². The van der Waals surface area contributed by atoms with Crippen molar-refractivity contribution in [1.29, 1.82) is 0 Å². The Balaban J connectivity index is 0.887. The zero-order valence-electron chi connectivity index (χ0n) is 42.9. The molecule has 0 saturated carbocycles. The van der Waals surface area contributed by atoms with Gasteiger partial charge in [0.15, 0.2) is 0 Å². The van der Waals surface area contributed by atoms with Crippen LogP contribution in [0.25, 0.3) is 11.1 Å². The zero-order valence-corrected chi connectivity index (χ0v) is 42.9. The van der Waals surface area contributed by atoms with Crippen LogP contribution in [0.2, 0.25) is 0 Å². The van der Waals surface area contributed by atoms with Gasteiger partial charge in [-0.3, -0.25) is 0 Å². The van der Waals surface area contributed by atoms with Crippen LogP contribution in [0.4, 0.5) is 4.79 Å². The Bertz CT molecular complexity index is 1410. The summed E-state index contributed by atoms with van der Waals surface area (Å²) >= 11 is 0. The molecule has 0 spiro atoms. The summed E-state index contributed by atoms with van der Waals surface area (Å²) in [6, 6.07) is 16.5. The third-order valence-electron chi connectivity index (χ3n) is 11.2. The maximum atomic E-state index is 12.3. The summed E-state index contributed by atoms with van der Waals surface area (Å²) < 4.78 is 77.7. The third-order valence-corrected chi connectivity index (χ3v) is 11.2. The summed E-state index contributed by atoms with van der Waals surface area (Å²) in [5, 5.41) is 2.75. The molecule has 0 bridgehead atoms. The van der Waals surface area contributed by atoms with Crippen LogP contribution in [0, 0.1) is 0 Å². The number of alkyl carbamates (subject to hydrolysis) is 1. The Labute approximate surface area is 420 Å². The summed E-state index contributed by atoms with van der Waals surface area (Å²) in [5.41, 5.74) is 4.77. The van der Waals surface area contributed by atoms with Crippen molar-refractivity contribution in [3.05, 3.63) is 59.7 Å². The molecule has 0 atom stereocenters. The van der Waals surface area contributed by atoms with E-state index < -0.39 is 6.09 Å². The minimum atomic E-state index is -0.453. The Morgan fingerprint density at radius 2 is 0.629 bits per heavy atom. The molecule has 402 valence electrons. The van der Waals surface area contributed by atoms with Gasteiger partial charge in [0.25, 0.3) is 0 Å². The monoisotopic (exact) mass is 994 g/mol. The molecule has 70 heavy (non-hydrogen) atoms. The normalized spacial score (nSPS) is 12.2. The Morgan fingerprint density at radius 3 is 0.957 bits per heavy atom. The van der Waals surface area contributed by atoms with Gasteiger partial charge in [-0.2, -0.15) is 0 Å². The second-order valence-electron chi connectivity index (χ2n) is 16.7. The van der Waals surface area contributed by atoms with Gasteiger partial charge in [-0.25, -0.2) is 4.79 Å². The minimum absolute atomic E-state index is 0.0342. The van der Waals surface area contributed by atoms with Gasteiger partial charge in [-0.05, 0) is 28.7 Å². The first-order valence-electron chi connectivity index (χ1n) is 26.4. The molecule has 0 aromatic heterocycles. The van der Waals surface area contributed by atoms with Gasteiger partial charge in [-0.1, -0.05) is 120 Å². The van der Waals surface area contributed by atoms with Crippen molar-refractivity contribution in [2.45, 2.75) is 83.5 Å². The molecule has 0 saturated heterocycles. The number of nitrogens with one attached hydrogen (secondary N) is 1. The number of carbonyl (C=O) groups is 1. The third kappa shape index (κ3) is 33.8. The van der Waals surface area contributed by atoms with Crippen molar-refractivity contribution in [3.63, 3.8) is 0 Å². The van der Waals surface area contributed by atoms with Crippen molar-refractivity contribution < 1.29 is 71.1 Å². The van der Waals surface area contributed by atoms with Crippen LogP contribution < -0.4 is 5.32 Å². The standard InChI is InChI=1S/C54H91NO15/c1-2-3-4-5-6-7-8-9-10-11-16-22-57-24-26-59-28-30-61-32-34-63-36-38-65-40-42-67-44-46-69-47-45-68-43-41-66-39-37-64-35-33-62-31-29-60-27-25-58-23-21-55-54(56)70-48-53-51-19-14-12-17-49(51)50-18-13-15-20-52(50)53/h12-15,17-20,53H,2-11,16,21-48H2,1H3,(H,55,56). The van der Waals surface area contributed by atoms with Gasteiger partial charge in [0, 0.05) is 19.1 Å². The van der Waals surface area contributed by atoms with Gasteiger partial charge >= 0.3 is 6.09 Å². The fourth-order valence-electron chi connectivity index (χ4n) is 7.48.